The maximum absolute atomic E-state index is 13.2. The maximum Gasteiger partial charge on any atom is 0.179 e. The Kier molecular flexibility index (Phi) is 4.84. The van der Waals surface area contributed by atoms with Crippen LogP contribution in [-0.4, -0.2) is 36.5 Å². The van der Waals surface area contributed by atoms with Crippen LogP contribution in [-0.2, 0) is 9.36 Å². The van der Waals surface area contributed by atoms with Gasteiger partial charge in [0.15, 0.2) is 7.29 Å². The van der Waals surface area contributed by atoms with Crippen LogP contribution in [0.1, 0.15) is 19.8 Å². The molecule has 0 spiro atoms. The molecule has 5 nitrogen and oxygen atoms in total. The first-order chi connectivity index (χ1) is 9.56. The molecule has 2 rings (SSSR count). The standard InChI is InChI=1S/C14H20NO4P/c1-2-19-12-5-7-13(8-6-12)20(18)10-4-3-9-15(20)11-14(16)17/h5-8H,2-4,9-11H2,1H3,(H,16,17)/p-1. The molecule has 0 aromatic heterocycles. The fourth-order valence-corrected chi connectivity index (χ4v) is 5.44. The van der Waals surface area contributed by atoms with Gasteiger partial charge in [-0.15, -0.1) is 0 Å². The fourth-order valence-electron chi connectivity index (χ4n) is 2.50. The minimum Gasteiger partial charge on any atom is -0.549 e. The topological polar surface area (TPSA) is 69.7 Å². The van der Waals surface area contributed by atoms with Crippen LogP contribution < -0.4 is 15.1 Å². The second-order valence-corrected chi connectivity index (χ2v) is 7.75. The third-order valence-electron chi connectivity index (χ3n) is 3.45. The molecule has 0 radical (unpaired) electrons. The van der Waals surface area contributed by atoms with Gasteiger partial charge in [-0.1, -0.05) is 0 Å². The maximum atomic E-state index is 13.2. The first-order valence-corrected chi connectivity index (χ1v) is 8.68. The molecule has 1 unspecified atom stereocenters. The highest BCUT2D eigenvalue weighted by molar-refractivity contribution is 7.69. The number of hydrogen-bond acceptors (Lipinski definition) is 4. The van der Waals surface area contributed by atoms with Gasteiger partial charge in [-0.3, -0.25) is 0 Å². The van der Waals surface area contributed by atoms with Crippen molar-refractivity contribution in [1.29, 1.82) is 0 Å². The third kappa shape index (κ3) is 3.22. The van der Waals surface area contributed by atoms with Gasteiger partial charge >= 0.3 is 0 Å². The second-order valence-electron chi connectivity index (χ2n) is 4.82. The van der Waals surface area contributed by atoms with E-state index in [-0.39, 0.29) is 6.54 Å². The summed E-state index contributed by atoms with van der Waals surface area (Å²) in [4.78, 5) is 10.8. The summed E-state index contributed by atoms with van der Waals surface area (Å²) in [5.74, 6) is -0.454. The van der Waals surface area contributed by atoms with Crippen molar-refractivity contribution in [3.8, 4) is 5.75 Å². The zero-order chi connectivity index (χ0) is 14.6. The number of ether oxygens (including phenoxy) is 1. The van der Waals surface area contributed by atoms with Gasteiger partial charge in [0.25, 0.3) is 0 Å². The Morgan fingerprint density at radius 3 is 2.65 bits per heavy atom. The van der Waals surface area contributed by atoms with Gasteiger partial charge < -0.3 is 19.2 Å². The quantitative estimate of drug-likeness (QED) is 0.753. The summed E-state index contributed by atoms with van der Waals surface area (Å²) in [5.41, 5.74) is 0. The summed E-state index contributed by atoms with van der Waals surface area (Å²) < 4.78 is 20.1. The highest BCUT2D eigenvalue weighted by atomic mass is 31.2. The third-order valence-corrected chi connectivity index (χ3v) is 6.73. The predicted molar refractivity (Wildman–Crippen MR) is 75.5 cm³/mol. The van der Waals surface area contributed by atoms with Crippen molar-refractivity contribution >= 4 is 18.6 Å². The number of carboxylic acid groups (broad SMARTS) is 1. The lowest BCUT2D eigenvalue weighted by atomic mass is 10.3. The molecule has 0 aliphatic carbocycles. The van der Waals surface area contributed by atoms with Crippen molar-refractivity contribution in [2.75, 3.05) is 25.9 Å². The van der Waals surface area contributed by atoms with Crippen LogP contribution in [0.4, 0.5) is 0 Å². The molecule has 1 saturated heterocycles. The number of benzene rings is 1. The average molecular weight is 296 g/mol. The normalized spacial score (nSPS) is 23.4. The minimum atomic E-state index is -2.81. The van der Waals surface area contributed by atoms with E-state index in [2.05, 4.69) is 0 Å². The number of carbonyl (C=O) groups is 1. The van der Waals surface area contributed by atoms with Crippen molar-refractivity contribution < 1.29 is 19.2 Å². The van der Waals surface area contributed by atoms with Crippen LogP contribution >= 0.6 is 7.29 Å². The Bertz CT molecular complexity index is 514. The SMILES string of the molecule is CCOc1ccc(P2(=O)CCCCN2CC(=O)[O-])cc1. The van der Waals surface area contributed by atoms with Gasteiger partial charge in [0.05, 0.1) is 12.6 Å². The van der Waals surface area contributed by atoms with E-state index in [1.54, 1.807) is 28.9 Å². The lowest BCUT2D eigenvalue weighted by Crippen LogP contribution is -2.41. The molecule has 1 aliphatic rings. The van der Waals surface area contributed by atoms with Crippen LogP contribution in [0, 0.1) is 0 Å². The summed E-state index contributed by atoms with van der Waals surface area (Å²) >= 11 is 0. The van der Waals surface area contributed by atoms with Gasteiger partial charge in [0.1, 0.15) is 5.75 Å². The molecule has 1 heterocycles. The zero-order valence-corrected chi connectivity index (χ0v) is 12.5. The summed E-state index contributed by atoms with van der Waals surface area (Å²) in [5, 5.41) is 11.5. The monoisotopic (exact) mass is 296 g/mol. The second kappa shape index (κ2) is 6.42. The molecule has 6 heteroatoms. The van der Waals surface area contributed by atoms with E-state index in [1.807, 2.05) is 6.92 Å². The number of aliphatic carboxylic acids is 1. The first-order valence-electron chi connectivity index (χ1n) is 6.84. The van der Waals surface area contributed by atoms with Gasteiger partial charge in [0.2, 0.25) is 0 Å². The number of carboxylic acids is 1. The Morgan fingerprint density at radius 2 is 2.05 bits per heavy atom. The fraction of sp³-hybridized carbons (Fsp3) is 0.500. The zero-order valence-electron chi connectivity index (χ0n) is 11.6. The van der Waals surface area contributed by atoms with E-state index in [1.165, 1.54) is 0 Å². The molecule has 0 amide bonds. The Labute approximate surface area is 119 Å². The molecule has 1 aromatic rings. The van der Waals surface area contributed by atoms with Crippen molar-refractivity contribution in [3.05, 3.63) is 24.3 Å². The summed E-state index contributed by atoms with van der Waals surface area (Å²) in [7, 11) is -2.81. The lowest BCUT2D eigenvalue weighted by Gasteiger charge is -2.36. The summed E-state index contributed by atoms with van der Waals surface area (Å²) in [6, 6.07) is 7.12. The van der Waals surface area contributed by atoms with Crippen LogP contribution in [0.25, 0.3) is 0 Å². The Hall–Kier alpha value is -1.32. The molecule has 1 fully saturated rings. The van der Waals surface area contributed by atoms with E-state index in [0.29, 0.717) is 24.6 Å². The van der Waals surface area contributed by atoms with Crippen molar-refractivity contribution in [2.45, 2.75) is 19.8 Å². The smallest absolute Gasteiger partial charge is 0.179 e. The molecule has 1 atom stereocenters. The molecular weight excluding hydrogens is 277 g/mol. The molecule has 1 aromatic carbocycles. The molecule has 0 bridgehead atoms. The van der Waals surface area contributed by atoms with Crippen molar-refractivity contribution in [3.63, 3.8) is 0 Å². The van der Waals surface area contributed by atoms with Crippen molar-refractivity contribution in [2.24, 2.45) is 0 Å². The van der Waals surface area contributed by atoms with Crippen LogP contribution in [0.15, 0.2) is 24.3 Å². The van der Waals surface area contributed by atoms with Gasteiger partial charge in [-0.25, -0.2) is 4.67 Å². The van der Waals surface area contributed by atoms with E-state index in [4.69, 9.17) is 4.74 Å². The van der Waals surface area contributed by atoms with Crippen LogP contribution in [0.5, 0.6) is 5.75 Å². The summed E-state index contributed by atoms with van der Waals surface area (Å²) in [6.45, 7) is 2.75. The van der Waals surface area contributed by atoms with E-state index < -0.39 is 13.3 Å². The van der Waals surface area contributed by atoms with E-state index >= 15 is 0 Å². The Morgan fingerprint density at radius 1 is 1.35 bits per heavy atom. The van der Waals surface area contributed by atoms with E-state index in [9.17, 15) is 14.5 Å². The van der Waals surface area contributed by atoms with Crippen molar-refractivity contribution in [1.82, 2.24) is 4.67 Å². The summed E-state index contributed by atoms with van der Waals surface area (Å²) in [6.07, 6.45) is 2.25. The predicted octanol–water partition coefficient (Wildman–Crippen LogP) is 0.834. The average Bonchev–Trinajstić information content (AvgIpc) is 2.42. The molecule has 0 N–H and O–H groups in total. The van der Waals surface area contributed by atoms with Gasteiger partial charge in [-0.2, -0.15) is 0 Å². The number of hydrogen-bond donors (Lipinski definition) is 0. The van der Waals surface area contributed by atoms with Gasteiger partial charge in [0, 0.05) is 24.6 Å². The molecule has 20 heavy (non-hydrogen) atoms. The minimum absolute atomic E-state index is 0.273. The first kappa shape index (κ1) is 15.1. The van der Waals surface area contributed by atoms with Gasteiger partial charge in [-0.05, 0) is 44.0 Å². The number of carbonyl (C=O) groups excluding carboxylic acids is 1. The molecular formula is C14H19NO4P-. The largest absolute Gasteiger partial charge is 0.549 e. The number of nitrogens with zero attached hydrogens (tertiary/aromatic N) is 1. The highest BCUT2D eigenvalue weighted by Crippen LogP contribution is 2.51. The Balaban J connectivity index is 2.25. The van der Waals surface area contributed by atoms with Crippen LogP contribution in [0.3, 0.4) is 0 Å². The molecule has 1 aliphatic heterocycles. The molecule has 110 valence electrons. The van der Waals surface area contributed by atoms with E-state index in [0.717, 1.165) is 18.6 Å². The molecule has 0 saturated carbocycles. The lowest BCUT2D eigenvalue weighted by molar-refractivity contribution is -0.305. The van der Waals surface area contributed by atoms with Crippen LogP contribution in [0.2, 0.25) is 0 Å². The highest BCUT2D eigenvalue weighted by Gasteiger charge is 2.34. The number of rotatable bonds is 5.